The van der Waals surface area contributed by atoms with E-state index in [0.717, 1.165) is 17.1 Å². The molecule has 3 nitrogen and oxygen atoms in total. The van der Waals surface area contributed by atoms with Crippen LogP contribution < -0.4 is 4.90 Å². The van der Waals surface area contributed by atoms with Gasteiger partial charge in [-0.25, -0.2) is 0 Å². The number of hydrogen-bond donors (Lipinski definition) is 0. The van der Waals surface area contributed by atoms with Crippen molar-refractivity contribution in [3.63, 3.8) is 0 Å². The van der Waals surface area contributed by atoms with E-state index in [1.54, 1.807) is 0 Å². The minimum absolute atomic E-state index is 0.502. The van der Waals surface area contributed by atoms with Gasteiger partial charge in [0.25, 0.3) is 0 Å². The highest BCUT2D eigenvalue weighted by atomic mass is 15.2. The van der Waals surface area contributed by atoms with Gasteiger partial charge in [-0.15, -0.1) is 0 Å². The Kier molecular flexibility index (Phi) is 7.32. The van der Waals surface area contributed by atoms with Gasteiger partial charge in [-0.2, -0.15) is 0 Å². The Bertz CT molecular complexity index is 3810. The molecule has 0 atom stereocenters. The molecule has 0 radical (unpaired) electrons. The van der Waals surface area contributed by atoms with E-state index in [2.05, 4.69) is 251 Å². The smallest absolute Gasteiger partial charge is 0.0754 e. The Hall–Kier alpha value is -8.40. The van der Waals surface area contributed by atoms with Crippen molar-refractivity contribution in [2.45, 2.75) is 5.41 Å². The van der Waals surface area contributed by atoms with Gasteiger partial charge in [0.2, 0.25) is 0 Å². The van der Waals surface area contributed by atoms with Crippen LogP contribution in [0.25, 0.3) is 77.2 Å². The van der Waals surface area contributed by atoms with Crippen molar-refractivity contribution in [2.24, 2.45) is 0 Å². The van der Waals surface area contributed by atoms with E-state index >= 15 is 0 Å². The van der Waals surface area contributed by atoms with Gasteiger partial charge >= 0.3 is 0 Å². The van der Waals surface area contributed by atoms with E-state index in [9.17, 15) is 0 Å². The highest BCUT2D eigenvalue weighted by Gasteiger charge is 2.51. The van der Waals surface area contributed by atoms with Crippen molar-refractivity contribution in [1.82, 2.24) is 9.13 Å². The Morgan fingerprint density at radius 3 is 1.33 bits per heavy atom. The molecule has 0 unspecified atom stereocenters. The minimum Gasteiger partial charge on any atom is -0.310 e. The van der Waals surface area contributed by atoms with Gasteiger partial charge in [0.1, 0.15) is 0 Å². The number of para-hydroxylation sites is 6. The molecule has 298 valence electrons. The first-order valence-corrected chi connectivity index (χ1v) is 22.2. The van der Waals surface area contributed by atoms with Crippen molar-refractivity contribution in [2.75, 3.05) is 4.90 Å². The summed E-state index contributed by atoms with van der Waals surface area (Å²) in [6.07, 6.45) is 0. The van der Waals surface area contributed by atoms with Crippen molar-refractivity contribution < 1.29 is 0 Å². The monoisotopic (exact) mass is 813 g/mol. The summed E-state index contributed by atoms with van der Waals surface area (Å²) in [6.45, 7) is 0. The highest BCUT2D eigenvalue weighted by Crippen LogP contribution is 2.63. The first kappa shape index (κ1) is 35.2. The third-order valence-corrected chi connectivity index (χ3v) is 14.1. The second-order valence-corrected chi connectivity index (χ2v) is 17.2. The van der Waals surface area contributed by atoms with Crippen LogP contribution in [0.4, 0.5) is 17.1 Å². The number of benzene rings is 10. The third kappa shape index (κ3) is 4.70. The SMILES string of the molecule is c1ccc(N2c3ccccc3C3(c4ccccc4-c4cc(-n5c6ccccc6c6ccc(-c7ccc8c9ccccc9n(-c9ccccc9)c8c7)cc65)ccc43)c3ccccc32)cc1. The van der Waals surface area contributed by atoms with Gasteiger partial charge in [-0.3, -0.25) is 0 Å². The number of aromatic nitrogens is 2. The lowest BCUT2D eigenvalue weighted by Crippen LogP contribution is -2.36. The second-order valence-electron chi connectivity index (χ2n) is 17.2. The fourth-order valence-corrected chi connectivity index (χ4v) is 11.5. The van der Waals surface area contributed by atoms with Crippen LogP contribution in [0.3, 0.4) is 0 Å². The van der Waals surface area contributed by atoms with E-state index in [4.69, 9.17) is 0 Å². The summed E-state index contributed by atoms with van der Waals surface area (Å²) >= 11 is 0. The minimum atomic E-state index is -0.502. The quantitative estimate of drug-likeness (QED) is 0.172. The van der Waals surface area contributed by atoms with Gasteiger partial charge in [-0.05, 0) is 117 Å². The molecule has 3 heteroatoms. The maximum absolute atomic E-state index is 2.49. The van der Waals surface area contributed by atoms with Crippen LogP contribution in [-0.4, -0.2) is 9.13 Å². The zero-order valence-electron chi connectivity index (χ0n) is 34.9. The fourth-order valence-electron chi connectivity index (χ4n) is 11.5. The molecule has 0 N–H and O–H groups in total. The first-order chi connectivity index (χ1) is 31.8. The van der Waals surface area contributed by atoms with Crippen molar-refractivity contribution in [3.8, 4) is 33.6 Å². The zero-order valence-corrected chi connectivity index (χ0v) is 34.9. The molecule has 3 heterocycles. The molecule has 1 aliphatic heterocycles. The number of anilines is 3. The molecule has 12 aromatic rings. The summed E-state index contributed by atoms with van der Waals surface area (Å²) in [6, 6.07) is 87.6. The molecule has 14 rings (SSSR count). The average Bonchev–Trinajstić information content (AvgIpc) is 3.98. The maximum atomic E-state index is 2.49. The molecular formula is C61H39N3. The normalized spacial score (nSPS) is 13.4. The largest absolute Gasteiger partial charge is 0.310 e. The van der Waals surface area contributed by atoms with Gasteiger partial charge < -0.3 is 14.0 Å². The number of fused-ring (bicyclic) bond motifs is 15. The number of rotatable bonds is 4. The molecule has 0 amide bonds. The molecule has 0 saturated carbocycles. The molecule has 1 aliphatic carbocycles. The summed E-state index contributed by atoms with van der Waals surface area (Å²) in [5.41, 5.74) is 20.3. The lowest BCUT2D eigenvalue weighted by molar-refractivity contribution is 0.752. The molecule has 1 spiro atoms. The predicted octanol–water partition coefficient (Wildman–Crippen LogP) is 15.7. The van der Waals surface area contributed by atoms with Crippen molar-refractivity contribution in [3.05, 3.63) is 259 Å². The Balaban J connectivity index is 0.986. The van der Waals surface area contributed by atoms with E-state index < -0.39 is 5.41 Å². The van der Waals surface area contributed by atoms with Crippen LogP contribution in [0.1, 0.15) is 22.3 Å². The Morgan fingerprint density at radius 1 is 0.266 bits per heavy atom. The van der Waals surface area contributed by atoms with Crippen LogP contribution in [0.5, 0.6) is 0 Å². The van der Waals surface area contributed by atoms with E-state index in [0.29, 0.717) is 0 Å². The first-order valence-electron chi connectivity index (χ1n) is 22.2. The molecule has 0 bridgehead atoms. The van der Waals surface area contributed by atoms with Crippen LogP contribution in [-0.2, 0) is 5.41 Å². The van der Waals surface area contributed by atoms with E-state index in [1.807, 2.05) is 0 Å². The van der Waals surface area contributed by atoms with Gasteiger partial charge in [-0.1, -0.05) is 164 Å². The van der Waals surface area contributed by atoms with E-state index in [-0.39, 0.29) is 0 Å². The molecule has 2 aliphatic rings. The molecule has 64 heavy (non-hydrogen) atoms. The Morgan fingerprint density at radius 2 is 0.719 bits per heavy atom. The van der Waals surface area contributed by atoms with Crippen LogP contribution >= 0.6 is 0 Å². The molecule has 2 aromatic heterocycles. The fraction of sp³-hybridized carbons (Fsp3) is 0.0164. The number of nitrogens with zero attached hydrogens (tertiary/aromatic N) is 3. The molecule has 10 aromatic carbocycles. The molecular weight excluding hydrogens is 775 g/mol. The lowest BCUT2D eigenvalue weighted by Gasteiger charge is -2.45. The summed E-state index contributed by atoms with van der Waals surface area (Å²) in [5, 5.41) is 5.01. The van der Waals surface area contributed by atoms with Crippen LogP contribution in [0.2, 0.25) is 0 Å². The average molecular weight is 814 g/mol. The standard InChI is InChI=1S/C61H39N3/c1-3-17-42(18-4-1)62-55-27-13-8-22-46(55)48-34-31-40(37-59(48)62)41-32-35-49-47-23-9-14-28-56(47)64(60(49)38-41)44-33-36-52-50(39-44)45-21-7-10-24-51(45)61(52)53-25-11-15-29-57(53)63(43-19-5-2-6-20-43)58-30-16-12-26-54(58)61/h1-39H. The summed E-state index contributed by atoms with van der Waals surface area (Å²) < 4.78 is 4.89. The zero-order chi connectivity index (χ0) is 41.9. The molecule has 0 fully saturated rings. The van der Waals surface area contributed by atoms with Crippen LogP contribution in [0, 0.1) is 0 Å². The lowest BCUT2D eigenvalue weighted by atomic mass is 9.64. The third-order valence-electron chi connectivity index (χ3n) is 14.1. The summed E-state index contributed by atoms with van der Waals surface area (Å²) in [7, 11) is 0. The Labute approximate surface area is 371 Å². The van der Waals surface area contributed by atoms with E-state index in [1.165, 1.54) is 99.5 Å². The van der Waals surface area contributed by atoms with Gasteiger partial charge in [0, 0.05) is 38.6 Å². The van der Waals surface area contributed by atoms with Crippen molar-refractivity contribution in [1.29, 1.82) is 0 Å². The van der Waals surface area contributed by atoms with Gasteiger partial charge in [0.05, 0.1) is 38.9 Å². The second kappa shape index (κ2) is 13.3. The maximum Gasteiger partial charge on any atom is 0.0754 e. The van der Waals surface area contributed by atoms with Gasteiger partial charge in [0.15, 0.2) is 0 Å². The van der Waals surface area contributed by atoms with Crippen LogP contribution in [0.15, 0.2) is 237 Å². The van der Waals surface area contributed by atoms with Crippen molar-refractivity contribution >= 4 is 60.7 Å². The highest BCUT2D eigenvalue weighted by molar-refractivity contribution is 6.12. The summed E-state index contributed by atoms with van der Waals surface area (Å²) in [4.78, 5) is 2.44. The predicted molar refractivity (Wildman–Crippen MR) is 266 cm³/mol. The molecule has 0 saturated heterocycles. The number of hydrogen-bond acceptors (Lipinski definition) is 1. The topological polar surface area (TPSA) is 13.1 Å². The summed E-state index contributed by atoms with van der Waals surface area (Å²) in [5.74, 6) is 0.